The fourth-order valence-corrected chi connectivity index (χ4v) is 3.44. The van der Waals surface area contributed by atoms with Crippen molar-refractivity contribution in [1.82, 2.24) is 14.8 Å². The lowest BCUT2D eigenvalue weighted by Gasteiger charge is -2.31. The maximum atomic E-state index is 12.8. The number of hydrogen-bond acceptors (Lipinski definition) is 5. The van der Waals surface area contributed by atoms with Crippen LogP contribution in [0.2, 0.25) is 0 Å². The van der Waals surface area contributed by atoms with E-state index in [-0.39, 0.29) is 12.0 Å². The number of carbonyl (C=O) groups is 1. The molecule has 6 nitrogen and oxygen atoms in total. The van der Waals surface area contributed by atoms with Crippen LogP contribution in [0.5, 0.6) is 5.75 Å². The van der Waals surface area contributed by atoms with Gasteiger partial charge in [-0.2, -0.15) is 0 Å². The Kier molecular flexibility index (Phi) is 6.04. The van der Waals surface area contributed by atoms with Crippen molar-refractivity contribution in [3.63, 3.8) is 0 Å². The number of hydrogen-bond donors (Lipinski definition) is 0. The predicted octanol–water partition coefficient (Wildman–Crippen LogP) is 1.81. The molecule has 3 heterocycles. The molecule has 0 aromatic carbocycles. The van der Waals surface area contributed by atoms with E-state index < -0.39 is 0 Å². The molecule has 1 unspecified atom stereocenters. The molecule has 1 amide bonds. The fourth-order valence-electron chi connectivity index (χ4n) is 3.44. The molecule has 1 aromatic rings. The number of amides is 1. The lowest BCUT2D eigenvalue weighted by molar-refractivity contribution is 0.0215. The van der Waals surface area contributed by atoms with Crippen molar-refractivity contribution in [2.24, 2.45) is 0 Å². The highest BCUT2D eigenvalue weighted by molar-refractivity contribution is 5.92. The standard InChI is InChI=1S/C18H27N3O3/c1-23-15-6-7-19-17(12-15)18(22)21-10-5-11-24-16(14-21)13-20-8-3-2-4-9-20/h6-7,12,16H,2-5,8-11,13-14H2,1H3. The summed E-state index contributed by atoms with van der Waals surface area (Å²) in [5, 5.41) is 0. The van der Waals surface area contributed by atoms with Crippen LogP contribution in [0.4, 0.5) is 0 Å². The van der Waals surface area contributed by atoms with Crippen LogP contribution in [0.15, 0.2) is 18.3 Å². The van der Waals surface area contributed by atoms with E-state index in [2.05, 4.69) is 9.88 Å². The van der Waals surface area contributed by atoms with Gasteiger partial charge in [-0.15, -0.1) is 0 Å². The summed E-state index contributed by atoms with van der Waals surface area (Å²) >= 11 is 0. The van der Waals surface area contributed by atoms with Crippen LogP contribution in [0, 0.1) is 0 Å². The quantitative estimate of drug-likeness (QED) is 0.841. The maximum absolute atomic E-state index is 12.8. The average Bonchev–Trinajstić information content (AvgIpc) is 2.87. The van der Waals surface area contributed by atoms with Gasteiger partial charge in [0.2, 0.25) is 0 Å². The number of carbonyl (C=O) groups excluding carboxylic acids is 1. The van der Waals surface area contributed by atoms with Crippen molar-refractivity contribution in [1.29, 1.82) is 0 Å². The molecule has 0 N–H and O–H groups in total. The van der Waals surface area contributed by atoms with Crippen molar-refractivity contribution in [3.05, 3.63) is 24.0 Å². The monoisotopic (exact) mass is 333 g/mol. The summed E-state index contributed by atoms with van der Waals surface area (Å²) in [7, 11) is 1.60. The lowest BCUT2D eigenvalue weighted by Crippen LogP contribution is -2.44. The third-order valence-corrected chi connectivity index (χ3v) is 4.73. The van der Waals surface area contributed by atoms with Crippen molar-refractivity contribution >= 4 is 5.91 Å². The van der Waals surface area contributed by atoms with E-state index in [1.54, 1.807) is 25.4 Å². The van der Waals surface area contributed by atoms with Gasteiger partial charge in [0.25, 0.3) is 5.91 Å². The summed E-state index contributed by atoms with van der Waals surface area (Å²) in [5.74, 6) is 0.618. The SMILES string of the molecule is COc1ccnc(C(=O)N2CCCOC(CN3CCCCC3)C2)c1. The molecule has 0 aliphatic carbocycles. The van der Waals surface area contributed by atoms with Crippen molar-refractivity contribution in [3.8, 4) is 5.75 Å². The number of piperidine rings is 1. The van der Waals surface area contributed by atoms with Crippen LogP contribution >= 0.6 is 0 Å². The van der Waals surface area contributed by atoms with E-state index in [9.17, 15) is 4.79 Å². The van der Waals surface area contributed by atoms with Crippen LogP contribution in [0.1, 0.15) is 36.2 Å². The van der Waals surface area contributed by atoms with Gasteiger partial charge in [0.05, 0.1) is 13.2 Å². The molecule has 0 bridgehead atoms. The second kappa shape index (κ2) is 8.44. The van der Waals surface area contributed by atoms with Gasteiger partial charge in [0.1, 0.15) is 11.4 Å². The van der Waals surface area contributed by atoms with Crippen molar-refractivity contribution in [2.75, 3.05) is 46.4 Å². The molecule has 1 aromatic heterocycles. The first-order valence-corrected chi connectivity index (χ1v) is 8.89. The van der Waals surface area contributed by atoms with E-state index in [1.165, 1.54) is 19.3 Å². The minimum atomic E-state index is -0.0388. The summed E-state index contributed by atoms with van der Waals surface area (Å²) < 4.78 is 11.2. The minimum Gasteiger partial charge on any atom is -0.497 e. The first-order valence-electron chi connectivity index (χ1n) is 8.89. The maximum Gasteiger partial charge on any atom is 0.272 e. The molecule has 132 valence electrons. The summed E-state index contributed by atoms with van der Waals surface area (Å²) in [6.07, 6.45) is 6.43. The lowest BCUT2D eigenvalue weighted by atomic mass is 10.1. The Balaban J connectivity index is 1.63. The molecule has 2 aliphatic heterocycles. The Hall–Kier alpha value is -1.66. The minimum absolute atomic E-state index is 0.0388. The molecule has 2 aliphatic rings. The van der Waals surface area contributed by atoms with Gasteiger partial charge in [-0.05, 0) is 38.4 Å². The number of likely N-dealkylation sites (tertiary alicyclic amines) is 1. The van der Waals surface area contributed by atoms with Gasteiger partial charge in [-0.3, -0.25) is 9.78 Å². The van der Waals surface area contributed by atoms with Gasteiger partial charge in [-0.1, -0.05) is 6.42 Å². The molecule has 0 saturated carbocycles. The van der Waals surface area contributed by atoms with E-state index in [0.29, 0.717) is 31.1 Å². The van der Waals surface area contributed by atoms with Gasteiger partial charge < -0.3 is 19.3 Å². The summed E-state index contributed by atoms with van der Waals surface area (Å²) in [4.78, 5) is 21.4. The molecule has 3 rings (SSSR count). The fraction of sp³-hybridized carbons (Fsp3) is 0.667. The first-order chi connectivity index (χ1) is 11.8. The molecule has 2 saturated heterocycles. The highest BCUT2D eigenvalue weighted by Gasteiger charge is 2.26. The molecular weight excluding hydrogens is 306 g/mol. The van der Waals surface area contributed by atoms with Crippen molar-refractivity contribution in [2.45, 2.75) is 31.8 Å². The average molecular weight is 333 g/mol. The van der Waals surface area contributed by atoms with Gasteiger partial charge >= 0.3 is 0 Å². The molecule has 0 spiro atoms. The molecule has 0 radical (unpaired) electrons. The van der Waals surface area contributed by atoms with Crippen LogP contribution in [0.25, 0.3) is 0 Å². The normalized spacial score (nSPS) is 22.9. The Morgan fingerprint density at radius 3 is 2.92 bits per heavy atom. The number of pyridine rings is 1. The molecule has 6 heteroatoms. The zero-order chi connectivity index (χ0) is 16.8. The highest BCUT2D eigenvalue weighted by Crippen LogP contribution is 2.16. The van der Waals surface area contributed by atoms with Crippen LogP contribution in [-0.4, -0.2) is 73.2 Å². The summed E-state index contributed by atoms with van der Waals surface area (Å²) in [6, 6.07) is 3.45. The Labute approximate surface area is 143 Å². The van der Waals surface area contributed by atoms with E-state index in [4.69, 9.17) is 9.47 Å². The second-order valence-corrected chi connectivity index (χ2v) is 6.54. The third-order valence-electron chi connectivity index (χ3n) is 4.73. The number of rotatable bonds is 4. The van der Waals surface area contributed by atoms with Crippen LogP contribution < -0.4 is 4.74 Å². The predicted molar refractivity (Wildman–Crippen MR) is 91.3 cm³/mol. The third kappa shape index (κ3) is 4.45. The topological polar surface area (TPSA) is 54.9 Å². The van der Waals surface area contributed by atoms with E-state index in [1.807, 2.05) is 4.90 Å². The van der Waals surface area contributed by atoms with E-state index in [0.717, 1.165) is 26.1 Å². The summed E-state index contributed by atoms with van der Waals surface area (Å²) in [5.41, 5.74) is 0.438. The molecule has 24 heavy (non-hydrogen) atoms. The molecular formula is C18H27N3O3. The Morgan fingerprint density at radius 1 is 1.29 bits per heavy atom. The van der Waals surface area contributed by atoms with E-state index >= 15 is 0 Å². The summed E-state index contributed by atoms with van der Waals surface area (Å²) in [6.45, 7) is 5.27. The largest absolute Gasteiger partial charge is 0.497 e. The van der Waals surface area contributed by atoms with Gasteiger partial charge in [0.15, 0.2) is 0 Å². The zero-order valence-electron chi connectivity index (χ0n) is 14.4. The van der Waals surface area contributed by atoms with Crippen molar-refractivity contribution < 1.29 is 14.3 Å². The zero-order valence-corrected chi connectivity index (χ0v) is 14.4. The van der Waals surface area contributed by atoms with Crippen LogP contribution in [-0.2, 0) is 4.74 Å². The number of ether oxygens (including phenoxy) is 2. The van der Waals surface area contributed by atoms with Gasteiger partial charge in [-0.25, -0.2) is 0 Å². The first kappa shape index (κ1) is 17.2. The van der Waals surface area contributed by atoms with Gasteiger partial charge in [0, 0.05) is 38.5 Å². The molecule has 2 fully saturated rings. The highest BCUT2D eigenvalue weighted by atomic mass is 16.5. The second-order valence-electron chi connectivity index (χ2n) is 6.54. The Bertz CT molecular complexity index is 546. The Morgan fingerprint density at radius 2 is 2.12 bits per heavy atom. The number of aromatic nitrogens is 1. The number of methoxy groups -OCH3 is 1. The number of nitrogens with zero attached hydrogens (tertiary/aromatic N) is 3. The molecule has 1 atom stereocenters. The van der Waals surface area contributed by atoms with Crippen LogP contribution in [0.3, 0.4) is 0 Å². The smallest absolute Gasteiger partial charge is 0.272 e.